The lowest BCUT2D eigenvalue weighted by molar-refractivity contribution is 0.0206. The zero-order valence-corrected chi connectivity index (χ0v) is 13.6. The monoisotopic (exact) mass is 287 g/mol. The van der Waals surface area contributed by atoms with Crippen molar-refractivity contribution in [1.82, 2.24) is 9.80 Å². The summed E-state index contributed by atoms with van der Waals surface area (Å²) < 4.78 is 0. The molecule has 2 aliphatic rings. The molecule has 0 radical (unpaired) electrons. The molecule has 4 unspecified atom stereocenters. The Kier molecular flexibility index (Phi) is 4.34. The van der Waals surface area contributed by atoms with Gasteiger partial charge in [0.05, 0.1) is 6.04 Å². The van der Waals surface area contributed by atoms with Crippen LogP contribution >= 0.6 is 0 Å². The molecular formula is C18H29N3. The number of piperazine rings is 1. The first kappa shape index (κ1) is 15.0. The Morgan fingerprint density at radius 1 is 1.29 bits per heavy atom. The van der Waals surface area contributed by atoms with Crippen molar-refractivity contribution in [2.45, 2.75) is 57.8 Å². The number of benzene rings is 1. The van der Waals surface area contributed by atoms with Gasteiger partial charge in [-0.15, -0.1) is 0 Å². The molecule has 0 aliphatic carbocycles. The second-order valence-corrected chi connectivity index (χ2v) is 7.05. The van der Waals surface area contributed by atoms with Crippen molar-refractivity contribution >= 4 is 0 Å². The summed E-state index contributed by atoms with van der Waals surface area (Å²) in [5.41, 5.74) is 9.10. The molecular weight excluding hydrogens is 258 g/mol. The van der Waals surface area contributed by atoms with Gasteiger partial charge >= 0.3 is 0 Å². The number of aryl methyl sites for hydroxylation is 1. The highest BCUT2D eigenvalue weighted by Crippen LogP contribution is 2.32. The van der Waals surface area contributed by atoms with E-state index in [0.29, 0.717) is 12.1 Å². The van der Waals surface area contributed by atoms with Crippen LogP contribution in [0.5, 0.6) is 0 Å². The Balaban J connectivity index is 1.86. The first-order valence-electron chi connectivity index (χ1n) is 8.38. The maximum atomic E-state index is 6.39. The van der Waals surface area contributed by atoms with E-state index in [0.717, 1.165) is 6.04 Å². The topological polar surface area (TPSA) is 32.5 Å². The van der Waals surface area contributed by atoms with Crippen LogP contribution in [0.25, 0.3) is 0 Å². The van der Waals surface area contributed by atoms with E-state index in [2.05, 4.69) is 54.8 Å². The molecule has 2 fully saturated rings. The minimum Gasteiger partial charge on any atom is -0.326 e. The smallest absolute Gasteiger partial charge is 0.0500 e. The van der Waals surface area contributed by atoms with Crippen LogP contribution < -0.4 is 5.73 Å². The van der Waals surface area contributed by atoms with E-state index < -0.39 is 0 Å². The molecule has 2 N–H and O–H groups in total. The van der Waals surface area contributed by atoms with Crippen LogP contribution in [0.15, 0.2) is 24.3 Å². The quantitative estimate of drug-likeness (QED) is 0.927. The maximum absolute atomic E-state index is 6.39. The van der Waals surface area contributed by atoms with E-state index in [1.165, 1.54) is 43.6 Å². The number of hydrogen-bond donors (Lipinski definition) is 1. The Morgan fingerprint density at radius 2 is 2.10 bits per heavy atom. The lowest BCUT2D eigenvalue weighted by Gasteiger charge is -2.47. The lowest BCUT2D eigenvalue weighted by atomic mass is 9.94. The Bertz CT molecular complexity index is 485. The summed E-state index contributed by atoms with van der Waals surface area (Å²) in [5.74, 6) is 0. The summed E-state index contributed by atoms with van der Waals surface area (Å²) in [4.78, 5) is 5.33. The average Bonchev–Trinajstić information content (AvgIpc) is 2.86. The Hall–Kier alpha value is -0.900. The fourth-order valence-corrected chi connectivity index (χ4v) is 4.25. The van der Waals surface area contributed by atoms with Crippen molar-refractivity contribution < 1.29 is 0 Å². The zero-order valence-electron chi connectivity index (χ0n) is 13.6. The maximum Gasteiger partial charge on any atom is 0.0500 e. The van der Waals surface area contributed by atoms with Gasteiger partial charge in [-0.1, -0.05) is 29.8 Å². The summed E-state index contributed by atoms with van der Waals surface area (Å²) in [5, 5.41) is 0. The van der Waals surface area contributed by atoms with Gasteiger partial charge < -0.3 is 5.73 Å². The molecule has 4 atom stereocenters. The van der Waals surface area contributed by atoms with Gasteiger partial charge in [0.25, 0.3) is 0 Å². The van der Waals surface area contributed by atoms with E-state index in [1.807, 2.05) is 0 Å². The van der Waals surface area contributed by atoms with Gasteiger partial charge in [-0.05, 0) is 45.7 Å². The standard InChI is InChI=1S/C18H29N3/c1-13-6-4-7-16(10-13)18(15(3)19)21-12-17-8-5-9-20(17)11-14(21)2/h4,6-7,10,14-15,17-18H,5,8-9,11-12,19H2,1-3H3. The molecule has 0 amide bonds. The van der Waals surface area contributed by atoms with Gasteiger partial charge in [0.1, 0.15) is 0 Å². The number of fused-ring (bicyclic) bond motifs is 1. The molecule has 1 aromatic rings. The van der Waals surface area contributed by atoms with Gasteiger partial charge in [0.2, 0.25) is 0 Å². The third-order valence-electron chi connectivity index (χ3n) is 5.22. The number of rotatable bonds is 3. The van der Waals surface area contributed by atoms with Gasteiger partial charge in [-0.25, -0.2) is 0 Å². The Morgan fingerprint density at radius 3 is 2.81 bits per heavy atom. The van der Waals surface area contributed by atoms with E-state index >= 15 is 0 Å². The molecule has 0 saturated carbocycles. The third kappa shape index (κ3) is 3.01. The molecule has 3 rings (SSSR count). The third-order valence-corrected chi connectivity index (χ3v) is 5.22. The highest BCUT2D eigenvalue weighted by Gasteiger charge is 2.38. The van der Waals surface area contributed by atoms with Crippen LogP contribution in [-0.2, 0) is 0 Å². The van der Waals surface area contributed by atoms with Crippen molar-refractivity contribution in [3.63, 3.8) is 0 Å². The van der Waals surface area contributed by atoms with Crippen LogP contribution in [0.2, 0.25) is 0 Å². The minimum absolute atomic E-state index is 0.155. The molecule has 2 aliphatic heterocycles. The normalized spacial score (nSPS) is 30.1. The van der Waals surface area contributed by atoms with Crippen molar-refractivity contribution in [1.29, 1.82) is 0 Å². The molecule has 0 aromatic heterocycles. The molecule has 21 heavy (non-hydrogen) atoms. The lowest BCUT2D eigenvalue weighted by Crippen LogP contribution is -2.58. The average molecular weight is 287 g/mol. The highest BCUT2D eigenvalue weighted by atomic mass is 15.3. The van der Waals surface area contributed by atoms with Gasteiger partial charge in [0, 0.05) is 31.2 Å². The second kappa shape index (κ2) is 6.07. The van der Waals surface area contributed by atoms with Gasteiger partial charge in [0.15, 0.2) is 0 Å². The molecule has 3 nitrogen and oxygen atoms in total. The second-order valence-electron chi connectivity index (χ2n) is 7.05. The minimum atomic E-state index is 0.155. The van der Waals surface area contributed by atoms with Crippen molar-refractivity contribution in [2.24, 2.45) is 5.73 Å². The van der Waals surface area contributed by atoms with Gasteiger partial charge in [-0.2, -0.15) is 0 Å². The number of nitrogens with zero attached hydrogens (tertiary/aromatic N) is 2. The molecule has 2 saturated heterocycles. The summed E-state index contributed by atoms with van der Waals surface area (Å²) in [6.07, 6.45) is 2.71. The molecule has 116 valence electrons. The number of hydrogen-bond acceptors (Lipinski definition) is 3. The van der Waals surface area contributed by atoms with E-state index in [-0.39, 0.29) is 6.04 Å². The molecule has 0 bridgehead atoms. The van der Waals surface area contributed by atoms with Crippen LogP contribution in [0.4, 0.5) is 0 Å². The SMILES string of the molecule is Cc1cccc(C(C(C)N)N2CC3CCCN3CC2C)c1. The summed E-state index contributed by atoms with van der Waals surface area (Å²) >= 11 is 0. The van der Waals surface area contributed by atoms with Crippen molar-refractivity contribution in [3.05, 3.63) is 35.4 Å². The predicted octanol–water partition coefficient (Wildman–Crippen LogP) is 2.55. The fraction of sp³-hybridized carbons (Fsp3) is 0.667. The predicted molar refractivity (Wildman–Crippen MR) is 88.3 cm³/mol. The van der Waals surface area contributed by atoms with Crippen LogP contribution in [0.3, 0.4) is 0 Å². The van der Waals surface area contributed by atoms with Crippen molar-refractivity contribution in [3.8, 4) is 0 Å². The first-order valence-corrected chi connectivity index (χ1v) is 8.38. The van der Waals surface area contributed by atoms with Crippen molar-refractivity contribution in [2.75, 3.05) is 19.6 Å². The highest BCUT2D eigenvalue weighted by molar-refractivity contribution is 5.26. The Labute approximate surface area is 129 Å². The van der Waals surface area contributed by atoms with Crippen LogP contribution in [-0.4, -0.2) is 47.6 Å². The number of nitrogens with two attached hydrogens (primary N) is 1. The fourth-order valence-electron chi connectivity index (χ4n) is 4.25. The first-order chi connectivity index (χ1) is 10.1. The van der Waals surface area contributed by atoms with E-state index in [4.69, 9.17) is 5.73 Å². The van der Waals surface area contributed by atoms with E-state index in [9.17, 15) is 0 Å². The molecule has 0 spiro atoms. The van der Waals surface area contributed by atoms with Crippen LogP contribution in [0, 0.1) is 6.92 Å². The van der Waals surface area contributed by atoms with Gasteiger partial charge in [-0.3, -0.25) is 9.80 Å². The zero-order chi connectivity index (χ0) is 15.0. The molecule has 3 heteroatoms. The van der Waals surface area contributed by atoms with E-state index in [1.54, 1.807) is 0 Å². The van der Waals surface area contributed by atoms with Crippen LogP contribution in [0.1, 0.15) is 43.9 Å². The summed E-state index contributed by atoms with van der Waals surface area (Å²) in [7, 11) is 0. The largest absolute Gasteiger partial charge is 0.326 e. The summed E-state index contributed by atoms with van der Waals surface area (Å²) in [6.45, 7) is 10.3. The summed E-state index contributed by atoms with van der Waals surface area (Å²) in [6, 6.07) is 10.7. The molecule has 2 heterocycles. The molecule has 1 aromatic carbocycles.